The maximum atomic E-state index is 9.73. The molecule has 2 aromatic rings. The normalized spacial score (nSPS) is 15.8. The minimum Gasteiger partial charge on any atom is -0.423 e. The van der Waals surface area contributed by atoms with Crippen LogP contribution in [0.5, 0.6) is 0 Å². The number of hydrogen-bond acceptors (Lipinski definition) is 2. The molecule has 0 spiro atoms. The fourth-order valence-electron chi connectivity index (χ4n) is 5.20. The molecule has 5 heteroatoms. The second kappa shape index (κ2) is 5.43. The van der Waals surface area contributed by atoms with Crippen LogP contribution in [-0.2, 0) is 4.66 Å². The molecule has 0 atom stereocenters. The summed E-state index contributed by atoms with van der Waals surface area (Å²) in [6.45, 7) is 14.7. The first kappa shape index (κ1) is 17.7. The Hall–Kier alpha value is -1.14. The Labute approximate surface area is 147 Å². The summed E-state index contributed by atoms with van der Waals surface area (Å²) in [5.74, 6) is 0. The summed E-state index contributed by atoms with van der Waals surface area (Å²) < 4.78 is 0.0663. The fourth-order valence-corrected chi connectivity index (χ4v) is 18.3. The van der Waals surface area contributed by atoms with Crippen molar-refractivity contribution in [2.45, 2.75) is 43.9 Å². The van der Waals surface area contributed by atoms with E-state index in [0.717, 1.165) is 0 Å². The van der Waals surface area contributed by atoms with E-state index in [9.17, 15) is 10.0 Å². The van der Waals surface area contributed by atoms with Gasteiger partial charge in [0, 0.05) is 4.66 Å². The lowest BCUT2D eigenvalue weighted by Crippen LogP contribution is -2.63. The standard InChI is InChI=1S/C19H27BO2Si2/c1-23(2,3)19(24(4,5)6)17-10-8-7-9-15(17)16-12-11-14(20(21)22)13-18(16)19/h7-13,21-22H,1-6H3. The molecule has 3 rings (SSSR count). The number of fused-ring (bicyclic) bond motifs is 3. The van der Waals surface area contributed by atoms with Gasteiger partial charge in [0.15, 0.2) is 0 Å². The lowest BCUT2D eigenvalue weighted by molar-refractivity contribution is 0.425. The van der Waals surface area contributed by atoms with Crippen molar-refractivity contribution in [3.8, 4) is 11.1 Å². The van der Waals surface area contributed by atoms with E-state index in [1.807, 2.05) is 6.07 Å². The van der Waals surface area contributed by atoms with E-state index in [-0.39, 0.29) is 4.66 Å². The third kappa shape index (κ3) is 2.22. The highest BCUT2D eigenvalue weighted by Crippen LogP contribution is 2.57. The highest BCUT2D eigenvalue weighted by atomic mass is 28.4. The summed E-state index contributed by atoms with van der Waals surface area (Å²) in [4.78, 5) is 0. The average Bonchev–Trinajstić information content (AvgIpc) is 2.76. The van der Waals surface area contributed by atoms with Gasteiger partial charge in [-0.2, -0.15) is 0 Å². The largest absolute Gasteiger partial charge is 0.488 e. The molecule has 2 nitrogen and oxygen atoms in total. The number of hydrogen-bond donors (Lipinski definition) is 2. The Balaban J connectivity index is 2.48. The summed E-state index contributed by atoms with van der Waals surface area (Å²) in [6.07, 6.45) is 0. The molecule has 0 radical (unpaired) electrons. The molecule has 24 heavy (non-hydrogen) atoms. The zero-order chi connectivity index (χ0) is 17.9. The van der Waals surface area contributed by atoms with Crippen molar-refractivity contribution in [3.63, 3.8) is 0 Å². The Bertz CT molecular complexity index is 775. The van der Waals surface area contributed by atoms with Crippen LogP contribution in [-0.4, -0.2) is 33.3 Å². The molecule has 0 fully saturated rings. The molecule has 0 aromatic heterocycles. The van der Waals surface area contributed by atoms with Gasteiger partial charge in [0.1, 0.15) is 0 Å². The Morgan fingerprint density at radius 1 is 0.750 bits per heavy atom. The van der Waals surface area contributed by atoms with Crippen LogP contribution >= 0.6 is 0 Å². The van der Waals surface area contributed by atoms with E-state index in [1.165, 1.54) is 22.3 Å². The van der Waals surface area contributed by atoms with Crippen LogP contribution in [0.15, 0.2) is 42.5 Å². The maximum Gasteiger partial charge on any atom is 0.488 e. The van der Waals surface area contributed by atoms with Gasteiger partial charge in [0.2, 0.25) is 0 Å². The van der Waals surface area contributed by atoms with Crippen LogP contribution in [0.25, 0.3) is 11.1 Å². The van der Waals surface area contributed by atoms with Crippen molar-refractivity contribution in [2.75, 3.05) is 0 Å². The zero-order valence-corrected chi connectivity index (χ0v) is 17.5. The first-order chi connectivity index (χ1) is 11.0. The molecule has 0 saturated heterocycles. The van der Waals surface area contributed by atoms with Gasteiger partial charge in [-0.15, -0.1) is 0 Å². The molecular formula is C19H27BO2Si2. The molecule has 2 N–H and O–H groups in total. The molecule has 0 unspecified atom stereocenters. The molecule has 0 heterocycles. The van der Waals surface area contributed by atoms with Gasteiger partial charge in [0.05, 0.1) is 16.1 Å². The Morgan fingerprint density at radius 3 is 1.83 bits per heavy atom. The third-order valence-corrected chi connectivity index (χ3v) is 15.7. The topological polar surface area (TPSA) is 40.5 Å². The van der Waals surface area contributed by atoms with Gasteiger partial charge in [-0.25, -0.2) is 0 Å². The predicted octanol–water partition coefficient (Wildman–Crippen LogP) is 3.39. The molecule has 126 valence electrons. The van der Waals surface area contributed by atoms with E-state index in [0.29, 0.717) is 5.46 Å². The molecule has 1 aliphatic carbocycles. The number of benzene rings is 2. The summed E-state index contributed by atoms with van der Waals surface area (Å²) in [6, 6.07) is 14.8. The fraction of sp³-hybridized carbons (Fsp3) is 0.368. The van der Waals surface area contributed by atoms with Gasteiger partial charge in [-0.3, -0.25) is 0 Å². The van der Waals surface area contributed by atoms with Gasteiger partial charge in [0.25, 0.3) is 0 Å². The SMILES string of the molecule is C[Si](C)(C)C1([Si](C)(C)C)c2ccccc2-c2ccc(B(O)O)cc21. The van der Waals surface area contributed by atoms with Crippen molar-refractivity contribution in [1.82, 2.24) is 0 Å². The first-order valence-electron chi connectivity index (χ1n) is 8.62. The molecule has 1 aliphatic rings. The van der Waals surface area contributed by atoms with Crippen molar-refractivity contribution in [2.24, 2.45) is 0 Å². The van der Waals surface area contributed by atoms with Crippen molar-refractivity contribution >= 4 is 28.7 Å². The molecule has 0 saturated carbocycles. The van der Waals surface area contributed by atoms with Crippen LogP contribution in [0, 0.1) is 0 Å². The zero-order valence-electron chi connectivity index (χ0n) is 15.5. The van der Waals surface area contributed by atoms with E-state index in [2.05, 4.69) is 75.7 Å². The van der Waals surface area contributed by atoms with Crippen LogP contribution in [0.2, 0.25) is 39.3 Å². The third-order valence-electron chi connectivity index (χ3n) is 5.62. The summed E-state index contributed by atoms with van der Waals surface area (Å²) in [7, 11) is -4.76. The average molecular weight is 354 g/mol. The molecule has 0 aliphatic heterocycles. The molecular weight excluding hydrogens is 327 g/mol. The summed E-state index contributed by atoms with van der Waals surface area (Å²) in [5, 5.41) is 19.5. The van der Waals surface area contributed by atoms with E-state index < -0.39 is 23.3 Å². The van der Waals surface area contributed by atoms with Crippen molar-refractivity contribution in [1.29, 1.82) is 0 Å². The lowest BCUT2D eigenvalue weighted by Gasteiger charge is -2.51. The van der Waals surface area contributed by atoms with E-state index in [4.69, 9.17) is 0 Å². The monoisotopic (exact) mass is 354 g/mol. The first-order valence-corrected chi connectivity index (χ1v) is 15.6. The summed E-state index contributed by atoms with van der Waals surface area (Å²) in [5.41, 5.74) is 5.99. The molecule has 0 bridgehead atoms. The second-order valence-electron chi connectivity index (χ2n) is 8.97. The van der Waals surface area contributed by atoms with Gasteiger partial charge >= 0.3 is 7.12 Å². The van der Waals surface area contributed by atoms with Gasteiger partial charge < -0.3 is 10.0 Å². The molecule has 0 amide bonds. The highest BCUT2D eigenvalue weighted by Gasteiger charge is 2.59. The predicted molar refractivity (Wildman–Crippen MR) is 109 cm³/mol. The van der Waals surface area contributed by atoms with E-state index >= 15 is 0 Å². The summed E-state index contributed by atoms with van der Waals surface area (Å²) >= 11 is 0. The quantitative estimate of drug-likeness (QED) is 0.830. The Morgan fingerprint density at radius 2 is 1.29 bits per heavy atom. The van der Waals surface area contributed by atoms with Crippen LogP contribution in [0.4, 0.5) is 0 Å². The van der Waals surface area contributed by atoms with E-state index in [1.54, 1.807) is 0 Å². The maximum absolute atomic E-state index is 9.73. The smallest absolute Gasteiger partial charge is 0.423 e. The van der Waals surface area contributed by atoms with Crippen LogP contribution in [0.3, 0.4) is 0 Å². The molecule has 2 aromatic carbocycles. The number of rotatable bonds is 3. The van der Waals surface area contributed by atoms with Crippen molar-refractivity contribution < 1.29 is 10.0 Å². The second-order valence-corrected chi connectivity index (χ2v) is 20.0. The van der Waals surface area contributed by atoms with Crippen LogP contribution < -0.4 is 5.46 Å². The van der Waals surface area contributed by atoms with Gasteiger partial charge in [-0.1, -0.05) is 81.7 Å². The van der Waals surface area contributed by atoms with Crippen molar-refractivity contribution in [3.05, 3.63) is 53.6 Å². The van der Waals surface area contributed by atoms with Gasteiger partial charge in [-0.05, 0) is 27.7 Å². The van der Waals surface area contributed by atoms with Crippen LogP contribution in [0.1, 0.15) is 11.1 Å². The minimum absolute atomic E-state index is 0.0663. The Kier molecular flexibility index (Phi) is 4.00. The highest BCUT2D eigenvalue weighted by molar-refractivity contribution is 6.99. The minimum atomic E-state index is -1.67. The lowest BCUT2D eigenvalue weighted by atomic mass is 9.79.